The summed E-state index contributed by atoms with van der Waals surface area (Å²) in [6.45, 7) is 0.368. The van der Waals surface area contributed by atoms with Gasteiger partial charge in [-0.1, -0.05) is 14.4 Å². The number of rotatable bonds is 7. The van der Waals surface area contributed by atoms with Gasteiger partial charge in [0.2, 0.25) is 5.91 Å². The molecule has 16 nitrogen and oxygen atoms in total. The van der Waals surface area contributed by atoms with Gasteiger partial charge in [0, 0.05) is 13.0 Å². The quantitative estimate of drug-likeness (QED) is 0.0988. The molecule has 0 aromatic carbocycles. The van der Waals surface area contributed by atoms with Gasteiger partial charge in [0.15, 0.2) is 24.8 Å². The number of carbonyl (C=O) groups excluding carboxylic acids is 1. The number of β-lactam (4-membered cyclic amide) rings is 1. The minimum atomic E-state index is -1.49. The first-order valence-corrected chi connectivity index (χ1v) is 11.9. The molecule has 4 aliphatic rings. The van der Waals surface area contributed by atoms with Crippen molar-refractivity contribution in [2.45, 2.75) is 88.3 Å². The Kier molecular flexibility index (Phi) is 15.6. The number of hydrogen-bond acceptors (Lipinski definition) is 14. The molecular formula is C23H39KNO15+. The fraction of sp³-hybridized carbons (Fsp3) is 0.826. The van der Waals surface area contributed by atoms with Crippen LogP contribution in [0.5, 0.6) is 0 Å². The Morgan fingerprint density at radius 2 is 1.57 bits per heavy atom. The Hall–Kier alpha value is -0.324. The van der Waals surface area contributed by atoms with E-state index in [-0.39, 0.29) is 83.5 Å². The van der Waals surface area contributed by atoms with Crippen LogP contribution in [0.3, 0.4) is 0 Å². The third-order valence-corrected chi connectivity index (χ3v) is 6.88. The van der Waals surface area contributed by atoms with E-state index in [4.69, 9.17) is 33.9 Å². The number of ether oxygens (including phenoxy) is 5. The summed E-state index contributed by atoms with van der Waals surface area (Å²) in [5, 5.41) is 76.5. The SMILES string of the molecule is C.CO[C@@H]1O[C@@H](CO)[C@@H](O[C@@H]2OC(CO)[C@@H](C)[C@H](O)C2O)C(O)C1O.O=C(O)[C@H]1/C(=C/CO)O[C@@H]2CC(=O)N21.[K+]. The summed E-state index contributed by atoms with van der Waals surface area (Å²) in [6.07, 6.45) is -10.1. The van der Waals surface area contributed by atoms with Gasteiger partial charge in [-0.3, -0.25) is 9.69 Å². The predicted octanol–water partition coefficient (Wildman–Crippen LogP) is -6.92. The van der Waals surface area contributed by atoms with Crippen LogP contribution < -0.4 is 51.4 Å². The van der Waals surface area contributed by atoms with Crippen molar-refractivity contribution < 1.29 is 126 Å². The molecule has 12 atom stereocenters. The Balaban J connectivity index is 0.000000428. The molecule has 0 spiro atoms. The first kappa shape index (κ1) is 37.7. The van der Waals surface area contributed by atoms with Crippen LogP contribution >= 0.6 is 0 Å². The van der Waals surface area contributed by atoms with Gasteiger partial charge in [0.05, 0.1) is 38.4 Å². The molecular weight excluding hydrogens is 569 g/mol. The largest absolute Gasteiger partial charge is 1.00 e. The van der Waals surface area contributed by atoms with E-state index in [0.717, 1.165) is 0 Å². The third kappa shape index (κ3) is 7.79. The molecule has 0 aromatic rings. The van der Waals surface area contributed by atoms with Crippen LogP contribution in [0.2, 0.25) is 0 Å². The van der Waals surface area contributed by atoms with Crippen molar-refractivity contribution in [2.75, 3.05) is 26.9 Å². The number of aliphatic hydroxyl groups excluding tert-OH is 7. The smallest absolute Gasteiger partial charge is 0.479 e. The van der Waals surface area contributed by atoms with Gasteiger partial charge in [-0.25, -0.2) is 4.79 Å². The van der Waals surface area contributed by atoms with E-state index in [2.05, 4.69) is 0 Å². The number of carbonyl (C=O) groups is 2. The summed E-state index contributed by atoms with van der Waals surface area (Å²) < 4.78 is 26.3. The molecule has 4 saturated heterocycles. The van der Waals surface area contributed by atoms with Gasteiger partial charge in [-0.05, 0) is 6.08 Å². The summed E-state index contributed by atoms with van der Waals surface area (Å²) >= 11 is 0. The third-order valence-electron chi connectivity index (χ3n) is 6.88. The molecule has 1 amide bonds. The van der Waals surface area contributed by atoms with Crippen molar-refractivity contribution in [3.63, 3.8) is 0 Å². The van der Waals surface area contributed by atoms with Crippen LogP contribution in [0.15, 0.2) is 11.8 Å². The maximum atomic E-state index is 11.1. The molecule has 4 aliphatic heterocycles. The maximum absolute atomic E-state index is 11.1. The number of aliphatic carboxylic acids is 1. The van der Waals surface area contributed by atoms with Crippen molar-refractivity contribution >= 4 is 11.9 Å². The molecule has 0 radical (unpaired) electrons. The van der Waals surface area contributed by atoms with Gasteiger partial charge >= 0.3 is 57.4 Å². The maximum Gasteiger partial charge on any atom is 1.00 e. The number of fused-ring (bicyclic) bond motifs is 1. The second-order valence-electron chi connectivity index (χ2n) is 9.22. The number of nitrogens with zero attached hydrogens (tertiary/aromatic N) is 1. The Bertz CT molecular complexity index is 860. The zero-order chi connectivity index (χ0) is 28.3. The van der Waals surface area contributed by atoms with Crippen molar-refractivity contribution in [1.29, 1.82) is 0 Å². The number of amides is 1. The van der Waals surface area contributed by atoms with E-state index in [0.29, 0.717) is 0 Å². The standard InChI is InChI=1S/C14H26O10.C8H9NO5.CH4.K/c1-5-6(3-15)22-14(10(19)8(5)17)24-12-7(4-16)23-13(21-2)11(20)9(12)18;10-2-1-4-7(8(12)13)9-5(11)3-6(9)14-4;;/h5-20H,3-4H2,1-2H3;1,6-7,10H,2-3H2,(H,12,13);1H4;/q;;;+1/b;4-1-;;/t5-,6?,7+,8+,9?,10?,11?,12-,13-,14+;6-,7-;;/m11../s1. The van der Waals surface area contributed by atoms with Gasteiger partial charge < -0.3 is 64.5 Å². The molecule has 4 fully saturated rings. The van der Waals surface area contributed by atoms with Crippen LogP contribution in [0.4, 0.5) is 0 Å². The predicted molar refractivity (Wildman–Crippen MR) is 126 cm³/mol. The second-order valence-corrected chi connectivity index (χ2v) is 9.22. The number of methoxy groups -OCH3 is 1. The van der Waals surface area contributed by atoms with E-state index >= 15 is 0 Å². The first-order chi connectivity index (χ1) is 18.0. The average molecular weight is 609 g/mol. The first-order valence-electron chi connectivity index (χ1n) is 11.9. The Labute approximate surface area is 273 Å². The number of hydrogen-bond donors (Lipinski definition) is 8. The van der Waals surface area contributed by atoms with Crippen molar-refractivity contribution in [2.24, 2.45) is 5.92 Å². The molecule has 0 bridgehead atoms. The minimum Gasteiger partial charge on any atom is -0.479 e. The molecule has 0 saturated carbocycles. The average Bonchev–Trinajstić information content (AvgIpc) is 3.19. The zero-order valence-corrected chi connectivity index (χ0v) is 24.8. The fourth-order valence-corrected chi connectivity index (χ4v) is 4.62. The van der Waals surface area contributed by atoms with Gasteiger partial charge in [-0.15, -0.1) is 0 Å². The van der Waals surface area contributed by atoms with Crippen molar-refractivity contribution in [3.8, 4) is 0 Å². The normalized spacial score (nSPS) is 41.4. The van der Waals surface area contributed by atoms with Crippen molar-refractivity contribution in [1.82, 2.24) is 4.90 Å². The molecule has 17 heteroatoms. The summed E-state index contributed by atoms with van der Waals surface area (Å²) in [7, 11) is 1.27. The van der Waals surface area contributed by atoms with E-state index < -0.39 is 92.7 Å². The molecule has 226 valence electrons. The van der Waals surface area contributed by atoms with Gasteiger partial charge in [0.25, 0.3) is 0 Å². The summed E-state index contributed by atoms with van der Waals surface area (Å²) in [5.74, 6) is -1.76. The zero-order valence-electron chi connectivity index (χ0n) is 21.7. The molecule has 0 aliphatic carbocycles. The van der Waals surface area contributed by atoms with Crippen LogP contribution in [0, 0.1) is 5.92 Å². The van der Waals surface area contributed by atoms with Crippen LogP contribution in [-0.4, -0.2) is 152 Å². The van der Waals surface area contributed by atoms with E-state index in [1.807, 2.05) is 0 Å². The molecule has 40 heavy (non-hydrogen) atoms. The van der Waals surface area contributed by atoms with E-state index in [1.54, 1.807) is 6.92 Å². The topological polar surface area (TPSA) is 245 Å². The summed E-state index contributed by atoms with van der Waals surface area (Å²) in [6, 6.07) is -1.06. The number of carboxylic acid groups (broad SMARTS) is 1. The van der Waals surface area contributed by atoms with E-state index in [1.165, 1.54) is 18.1 Å². The van der Waals surface area contributed by atoms with Crippen LogP contribution in [0.25, 0.3) is 0 Å². The Morgan fingerprint density at radius 3 is 2.08 bits per heavy atom. The van der Waals surface area contributed by atoms with E-state index in [9.17, 15) is 40.2 Å². The monoisotopic (exact) mass is 608 g/mol. The molecule has 4 heterocycles. The Morgan fingerprint density at radius 1 is 1.00 bits per heavy atom. The molecule has 0 aromatic heterocycles. The molecule has 8 N–H and O–H groups in total. The van der Waals surface area contributed by atoms with Crippen LogP contribution in [0.1, 0.15) is 20.8 Å². The molecule has 4 unspecified atom stereocenters. The van der Waals surface area contributed by atoms with Gasteiger partial charge in [0.1, 0.15) is 36.3 Å². The molecule has 4 rings (SSSR count). The number of carboxylic acids is 1. The van der Waals surface area contributed by atoms with Crippen molar-refractivity contribution in [3.05, 3.63) is 11.8 Å². The minimum absolute atomic E-state index is 0. The fourth-order valence-electron chi connectivity index (χ4n) is 4.62. The van der Waals surface area contributed by atoms with Gasteiger partial charge in [-0.2, -0.15) is 0 Å². The summed E-state index contributed by atoms with van der Waals surface area (Å²) in [4.78, 5) is 23.1. The second kappa shape index (κ2) is 16.5. The number of aliphatic hydroxyl groups is 7. The summed E-state index contributed by atoms with van der Waals surface area (Å²) in [5.41, 5.74) is 0. The van der Waals surface area contributed by atoms with Crippen LogP contribution in [-0.2, 0) is 33.3 Å².